The Morgan fingerprint density at radius 3 is 2.62 bits per heavy atom. The third-order valence-corrected chi connectivity index (χ3v) is 8.38. The van der Waals surface area contributed by atoms with E-state index in [1.54, 1.807) is 18.2 Å². The number of aromatic nitrogens is 2. The van der Waals surface area contributed by atoms with Gasteiger partial charge in [-0.2, -0.15) is 5.09 Å². The molecule has 1 unspecified atom stereocenters. The number of nitrogens with zero attached hydrogens (tertiary/aromatic N) is 1. The molecular weight excluding hydrogens is 545 g/mol. The first-order valence-corrected chi connectivity index (χ1v) is 14.4. The molecule has 1 saturated heterocycles. The highest BCUT2D eigenvalue weighted by Gasteiger charge is 2.56. The van der Waals surface area contributed by atoms with Crippen LogP contribution in [0.3, 0.4) is 0 Å². The number of esters is 1. The molecule has 1 aromatic carbocycles. The molecule has 2 aromatic rings. The van der Waals surface area contributed by atoms with Crippen LogP contribution in [0.4, 0.5) is 0 Å². The number of aromatic amines is 1. The van der Waals surface area contributed by atoms with E-state index in [1.165, 1.54) is 19.1 Å². The van der Waals surface area contributed by atoms with Crippen molar-refractivity contribution in [1.82, 2.24) is 14.6 Å². The SMILES string of the molecule is C#C[C@@]1(O)[C@H](O)[C@@H](COP(=O)(N[C@@H](C)C(=O)OC2CCCCC2)Oc2ccccc2)O[C@H]1n1ccc(=O)[nH]c1=O. The van der Waals surface area contributed by atoms with Crippen LogP contribution in [0.2, 0.25) is 0 Å². The molecule has 216 valence electrons. The lowest BCUT2D eigenvalue weighted by atomic mass is 9.95. The standard InChI is InChI=1S/C26H32N3O10P/c1-3-26(34)22(31)20(38-24(26)29-15-14-21(30)27-25(29)33)16-36-40(35,39-19-12-8-5-9-13-19)28-17(2)23(32)37-18-10-6-4-7-11-18/h1,5,8-9,12-15,17-18,20,22,24,31,34H,4,6-7,10-11,16H2,2H3,(H,28,35)(H,27,30,33)/t17-,20+,22+,24+,26+,40?/m0/s1. The lowest BCUT2D eigenvalue weighted by Gasteiger charge is -2.27. The summed E-state index contributed by atoms with van der Waals surface area (Å²) in [4.78, 5) is 38.5. The molecule has 0 amide bonds. The molecule has 1 aromatic heterocycles. The summed E-state index contributed by atoms with van der Waals surface area (Å²) >= 11 is 0. The van der Waals surface area contributed by atoms with Crippen molar-refractivity contribution in [2.24, 2.45) is 0 Å². The molecule has 1 saturated carbocycles. The minimum absolute atomic E-state index is 0.164. The van der Waals surface area contributed by atoms with Crippen LogP contribution in [0.5, 0.6) is 5.75 Å². The maximum absolute atomic E-state index is 13.8. The van der Waals surface area contributed by atoms with Crippen LogP contribution in [0.1, 0.15) is 45.3 Å². The van der Waals surface area contributed by atoms with Gasteiger partial charge < -0.3 is 24.2 Å². The fourth-order valence-corrected chi connectivity index (χ4v) is 6.07. The average Bonchev–Trinajstić information content (AvgIpc) is 3.18. The first kappa shape index (κ1) is 29.7. The summed E-state index contributed by atoms with van der Waals surface area (Å²) in [5.74, 6) is 1.56. The number of hydrogen-bond acceptors (Lipinski definition) is 10. The van der Waals surface area contributed by atoms with Gasteiger partial charge in [0.05, 0.1) is 6.61 Å². The number of hydrogen-bond donors (Lipinski definition) is 4. The van der Waals surface area contributed by atoms with E-state index in [2.05, 4.69) is 5.09 Å². The van der Waals surface area contributed by atoms with Gasteiger partial charge >= 0.3 is 19.4 Å². The van der Waals surface area contributed by atoms with Crippen LogP contribution in [-0.4, -0.2) is 62.3 Å². The van der Waals surface area contributed by atoms with Crippen molar-refractivity contribution >= 4 is 13.7 Å². The molecule has 0 radical (unpaired) electrons. The summed E-state index contributed by atoms with van der Waals surface area (Å²) in [7, 11) is -4.33. The second-order valence-corrected chi connectivity index (χ2v) is 11.4. The Balaban J connectivity index is 1.51. The van der Waals surface area contributed by atoms with Gasteiger partial charge in [0.25, 0.3) is 5.56 Å². The number of para-hydroxylation sites is 1. The fraction of sp³-hybridized carbons (Fsp3) is 0.500. The number of benzene rings is 1. The highest BCUT2D eigenvalue weighted by Crippen LogP contribution is 2.47. The van der Waals surface area contributed by atoms with E-state index in [4.69, 9.17) is 24.9 Å². The summed E-state index contributed by atoms with van der Waals surface area (Å²) in [6, 6.07) is 7.98. The second kappa shape index (κ2) is 12.5. The van der Waals surface area contributed by atoms with Crippen molar-refractivity contribution in [1.29, 1.82) is 0 Å². The maximum Gasteiger partial charge on any atom is 0.459 e. The van der Waals surface area contributed by atoms with Gasteiger partial charge in [0.2, 0.25) is 0 Å². The number of aliphatic hydroxyl groups is 2. The minimum Gasteiger partial charge on any atom is -0.461 e. The number of terminal acetylenes is 1. The molecule has 0 spiro atoms. The van der Waals surface area contributed by atoms with E-state index < -0.39 is 61.7 Å². The number of H-pyrrole nitrogens is 1. The molecule has 40 heavy (non-hydrogen) atoms. The van der Waals surface area contributed by atoms with E-state index in [-0.39, 0.29) is 11.9 Å². The summed E-state index contributed by atoms with van der Waals surface area (Å²) in [5.41, 5.74) is -4.04. The number of nitrogens with one attached hydrogen (secondary N) is 2. The van der Waals surface area contributed by atoms with E-state index in [0.717, 1.165) is 48.9 Å². The lowest BCUT2D eigenvalue weighted by molar-refractivity contribution is -0.152. The molecule has 2 aliphatic rings. The molecule has 4 N–H and O–H groups in total. The third-order valence-electron chi connectivity index (χ3n) is 6.74. The lowest BCUT2D eigenvalue weighted by Crippen LogP contribution is -2.48. The molecule has 2 fully saturated rings. The highest BCUT2D eigenvalue weighted by molar-refractivity contribution is 7.52. The molecular formula is C26H32N3O10P. The van der Waals surface area contributed by atoms with Gasteiger partial charge in [-0.15, -0.1) is 6.42 Å². The highest BCUT2D eigenvalue weighted by atomic mass is 31.2. The summed E-state index contributed by atoms with van der Waals surface area (Å²) in [6.45, 7) is 0.813. The van der Waals surface area contributed by atoms with Crippen LogP contribution in [0.15, 0.2) is 52.2 Å². The number of ether oxygens (including phenoxy) is 2. The normalized spacial score (nSPS) is 27.3. The molecule has 6 atom stereocenters. The van der Waals surface area contributed by atoms with Crippen LogP contribution in [-0.2, 0) is 23.4 Å². The zero-order valence-corrected chi connectivity index (χ0v) is 22.7. The average molecular weight is 578 g/mol. The number of aliphatic hydroxyl groups excluding tert-OH is 1. The zero-order chi connectivity index (χ0) is 28.9. The van der Waals surface area contributed by atoms with Crippen molar-refractivity contribution in [3.05, 3.63) is 63.4 Å². The molecule has 2 heterocycles. The topological polar surface area (TPSA) is 178 Å². The van der Waals surface area contributed by atoms with Gasteiger partial charge in [0.1, 0.15) is 30.1 Å². The number of rotatable bonds is 10. The summed E-state index contributed by atoms with van der Waals surface area (Å²) < 4.78 is 37.0. The Bertz CT molecular complexity index is 1380. The van der Waals surface area contributed by atoms with Gasteiger partial charge in [0, 0.05) is 12.3 Å². The Hall–Kier alpha value is -3.24. The van der Waals surface area contributed by atoms with Crippen LogP contribution < -0.4 is 20.9 Å². The largest absolute Gasteiger partial charge is 0.461 e. The van der Waals surface area contributed by atoms with Gasteiger partial charge in [-0.3, -0.25) is 23.7 Å². The van der Waals surface area contributed by atoms with Crippen molar-refractivity contribution in [3.63, 3.8) is 0 Å². The van der Waals surface area contributed by atoms with Crippen molar-refractivity contribution in [3.8, 4) is 18.1 Å². The van der Waals surface area contributed by atoms with E-state index in [0.29, 0.717) is 0 Å². The Morgan fingerprint density at radius 2 is 1.98 bits per heavy atom. The summed E-state index contributed by atoms with van der Waals surface area (Å²) in [5, 5.41) is 24.4. The van der Waals surface area contributed by atoms with Gasteiger partial charge in [-0.25, -0.2) is 9.36 Å². The number of carbonyl (C=O) groups excluding carboxylic acids is 1. The van der Waals surface area contributed by atoms with Gasteiger partial charge in [-0.1, -0.05) is 30.5 Å². The van der Waals surface area contributed by atoms with Gasteiger partial charge in [0.15, 0.2) is 11.8 Å². The molecule has 1 aliphatic heterocycles. The van der Waals surface area contributed by atoms with E-state index in [1.807, 2.05) is 10.9 Å². The predicted octanol–water partition coefficient (Wildman–Crippen LogP) is 1.22. The first-order valence-electron chi connectivity index (χ1n) is 12.9. The Morgan fingerprint density at radius 1 is 1.27 bits per heavy atom. The fourth-order valence-electron chi connectivity index (χ4n) is 4.57. The monoisotopic (exact) mass is 577 g/mol. The van der Waals surface area contributed by atoms with Crippen LogP contribution in [0, 0.1) is 12.3 Å². The van der Waals surface area contributed by atoms with E-state index >= 15 is 0 Å². The maximum atomic E-state index is 13.8. The molecule has 13 nitrogen and oxygen atoms in total. The molecule has 0 bridgehead atoms. The van der Waals surface area contributed by atoms with Crippen molar-refractivity contribution < 1.29 is 38.1 Å². The smallest absolute Gasteiger partial charge is 0.459 e. The number of carbonyl (C=O) groups is 1. The second-order valence-electron chi connectivity index (χ2n) is 9.70. The van der Waals surface area contributed by atoms with E-state index in [9.17, 15) is 29.2 Å². The van der Waals surface area contributed by atoms with Crippen molar-refractivity contribution in [2.75, 3.05) is 6.61 Å². The quantitative estimate of drug-likeness (QED) is 0.181. The van der Waals surface area contributed by atoms with Crippen LogP contribution in [0.25, 0.3) is 0 Å². The van der Waals surface area contributed by atoms with Gasteiger partial charge in [-0.05, 0) is 44.7 Å². The third kappa shape index (κ3) is 6.72. The Kier molecular flexibility index (Phi) is 9.30. The summed E-state index contributed by atoms with van der Waals surface area (Å²) in [6.07, 6.45) is 5.98. The zero-order valence-electron chi connectivity index (χ0n) is 21.8. The predicted molar refractivity (Wildman–Crippen MR) is 141 cm³/mol. The minimum atomic E-state index is -4.33. The van der Waals surface area contributed by atoms with Crippen molar-refractivity contribution in [2.45, 2.75) is 75.2 Å². The first-order chi connectivity index (χ1) is 19.0. The molecule has 4 rings (SSSR count). The molecule has 1 aliphatic carbocycles. The Labute approximate surface area is 230 Å². The van der Waals surface area contributed by atoms with Crippen LogP contribution >= 0.6 is 7.75 Å². The molecule has 14 heteroatoms.